The number of aromatic nitrogens is 2. The molecule has 2 rings (SSSR count). The summed E-state index contributed by atoms with van der Waals surface area (Å²) in [6.45, 7) is 9.50. The Kier molecular flexibility index (Phi) is 3.99. The second-order valence-corrected chi connectivity index (χ2v) is 5.93. The predicted octanol–water partition coefficient (Wildman–Crippen LogP) is 2.43. The largest absolute Gasteiger partial charge is 0.321 e. The molecule has 1 aliphatic heterocycles. The molecule has 1 aliphatic rings. The lowest BCUT2D eigenvalue weighted by Gasteiger charge is -2.40. The van der Waals surface area contributed by atoms with Gasteiger partial charge in [0.05, 0.1) is 23.0 Å². The van der Waals surface area contributed by atoms with Gasteiger partial charge >= 0.3 is 0 Å². The summed E-state index contributed by atoms with van der Waals surface area (Å²) in [5.74, 6) is 0. The zero-order valence-corrected chi connectivity index (χ0v) is 12.2. The molecule has 1 saturated heterocycles. The van der Waals surface area contributed by atoms with E-state index in [1.807, 2.05) is 4.68 Å². The summed E-state index contributed by atoms with van der Waals surface area (Å²) < 4.78 is 1.91. The third-order valence-electron chi connectivity index (χ3n) is 4.11. The lowest BCUT2D eigenvalue weighted by molar-refractivity contribution is 0.120. The second kappa shape index (κ2) is 5.19. The fraction of sp³-hybridized carbons (Fsp3) is 0.769. The van der Waals surface area contributed by atoms with E-state index in [0.717, 1.165) is 25.3 Å². The van der Waals surface area contributed by atoms with Crippen LogP contribution in [0, 0.1) is 0 Å². The van der Waals surface area contributed by atoms with Gasteiger partial charge in [-0.3, -0.25) is 9.58 Å². The van der Waals surface area contributed by atoms with E-state index in [9.17, 15) is 0 Å². The topological polar surface area (TPSA) is 47.1 Å². The van der Waals surface area contributed by atoms with E-state index in [1.54, 1.807) is 6.20 Å². The molecule has 1 fully saturated rings. The summed E-state index contributed by atoms with van der Waals surface area (Å²) >= 11 is 6.25. The van der Waals surface area contributed by atoms with Crippen molar-refractivity contribution in [1.82, 2.24) is 14.7 Å². The maximum Gasteiger partial charge on any atom is 0.0834 e. The molecule has 0 saturated carbocycles. The lowest BCUT2D eigenvalue weighted by atomic mass is 9.90. The van der Waals surface area contributed by atoms with E-state index < -0.39 is 0 Å². The minimum absolute atomic E-state index is 0.0902. The number of hydrogen-bond acceptors (Lipinski definition) is 3. The van der Waals surface area contributed by atoms with Crippen molar-refractivity contribution in [3.63, 3.8) is 0 Å². The highest BCUT2D eigenvalue weighted by atomic mass is 35.5. The van der Waals surface area contributed by atoms with Crippen LogP contribution in [-0.2, 0) is 6.54 Å². The molecule has 2 heterocycles. The minimum Gasteiger partial charge on any atom is -0.321 e. The van der Waals surface area contributed by atoms with E-state index in [4.69, 9.17) is 17.3 Å². The Hall–Kier alpha value is -0.580. The van der Waals surface area contributed by atoms with Gasteiger partial charge in [0.2, 0.25) is 0 Å². The van der Waals surface area contributed by atoms with Crippen LogP contribution in [0.3, 0.4) is 0 Å². The highest BCUT2D eigenvalue weighted by molar-refractivity contribution is 6.31. The molecular formula is C13H23ClN4. The van der Waals surface area contributed by atoms with E-state index in [2.05, 4.69) is 30.8 Å². The first kappa shape index (κ1) is 13.8. The van der Waals surface area contributed by atoms with Gasteiger partial charge in [0.25, 0.3) is 0 Å². The standard InChI is InChI=1S/C13H23ClN4/c1-4-18-11(10(14)9-16-18)12(15)13(2,3)17-7-5-6-8-17/h9,12H,4-8,15H2,1-3H3. The van der Waals surface area contributed by atoms with Gasteiger partial charge in [-0.1, -0.05) is 11.6 Å². The number of nitrogens with two attached hydrogens (primary N) is 1. The van der Waals surface area contributed by atoms with Crippen molar-refractivity contribution in [3.05, 3.63) is 16.9 Å². The van der Waals surface area contributed by atoms with Crippen molar-refractivity contribution < 1.29 is 0 Å². The zero-order valence-electron chi connectivity index (χ0n) is 11.5. The highest BCUT2D eigenvalue weighted by Crippen LogP contribution is 2.34. The van der Waals surface area contributed by atoms with Gasteiger partial charge < -0.3 is 5.73 Å². The number of hydrogen-bond donors (Lipinski definition) is 1. The molecule has 1 aromatic rings. The molecule has 0 spiro atoms. The molecule has 1 atom stereocenters. The number of halogens is 1. The summed E-state index contributed by atoms with van der Waals surface area (Å²) in [5, 5.41) is 4.96. The monoisotopic (exact) mass is 270 g/mol. The number of aryl methyl sites for hydroxylation is 1. The van der Waals surface area contributed by atoms with Crippen LogP contribution < -0.4 is 5.73 Å². The van der Waals surface area contributed by atoms with Crippen molar-refractivity contribution >= 4 is 11.6 Å². The van der Waals surface area contributed by atoms with Crippen molar-refractivity contribution in [3.8, 4) is 0 Å². The van der Waals surface area contributed by atoms with Crippen LogP contribution in [0.15, 0.2) is 6.20 Å². The number of rotatable bonds is 4. The van der Waals surface area contributed by atoms with Gasteiger partial charge in [0.1, 0.15) is 0 Å². The Balaban J connectivity index is 2.28. The predicted molar refractivity (Wildman–Crippen MR) is 74.7 cm³/mol. The van der Waals surface area contributed by atoms with Crippen LogP contribution >= 0.6 is 11.6 Å². The zero-order chi connectivity index (χ0) is 13.3. The van der Waals surface area contributed by atoms with Crippen molar-refractivity contribution in [2.45, 2.75) is 51.7 Å². The van der Waals surface area contributed by atoms with E-state index in [0.29, 0.717) is 5.02 Å². The lowest BCUT2D eigenvalue weighted by Crippen LogP contribution is -2.50. The first-order valence-electron chi connectivity index (χ1n) is 6.70. The third kappa shape index (κ3) is 2.29. The minimum atomic E-state index is -0.120. The average molecular weight is 271 g/mol. The maximum absolute atomic E-state index is 6.49. The molecule has 18 heavy (non-hydrogen) atoms. The Morgan fingerprint density at radius 1 is 1.44 bits per heavy atom. The third-order valence-corrected chi connectivity index (χ3v) is 4.40. The van der Waals surface area contributed by atoms with Gasteiger partial charge in [0, 0.05) is 12.1 Å². The summed E-state index contributed by atoms with van der Waals surface area (Å²) in [5.41, 5.74) is 7.35. The molecule has 1 aromatic heterocycles. The fourth-order valence-corrected chi connectivity index (χ4v) is 3.02. The second-order valence-electron chi connectivity index (χ2n) is 5.52. The van der Waals surface area contributed by atoms with Crippen molar-refractivity contribution in [1.29, 1.82) is 0 Å². The fourth-order valence-electron chi connectivity index (χ4n) is 2.76. The van der Waals surface area contributed by atoms with Crippen LogP contribution in [0.5, 0.6) is 0 Å². The summed E-state index contributed by atoms with van der Waals surface area (Å²) in [4.78, 5) is 2.46. The van der Waals surface area contributed by atoms with Gasteiger partial charge in [-0.05, 0) is 46.7 Å². The Morgan fingerprint density at radius 2 is 2.06 bits per heavy atom. The molecule has 0 aliphatic carbocycles. The average Bonchev–Trinajstić information content (AvgIpc) is 2.96. The van der Waals surface area contributed by atoms with Crippen molar-refractivity contribution in [2.75, 3.05) is 13.1 Å². The van der Waals surface area contributed by atoms with Crippen LogP contribution in [0.2, 0.25) is 5.02 Å². The molecule has 5 heteroatoms. The number of nitrogens with zero attached hydrogens (tertiary/aromatic N) is 3. The molecule has 4 nitrogen and oxygen atoms in total. The van der Waals surface area contributed by atoms with Crippen LogP contribution in [-0.4, -0.2) is 33.3 Å². The van der Waals surface area contributed by atoms with Gasteiger partial charge in [-0.25, -0.2) is 0 Å². The smallest absolute Gasteiger partial charge is 0.0834 e. The Bertz CT molecular complexity index is 407. The molecular weight excluding hydrogens is 248 g/mol. The molecule has 0 bridgehead atoms. The molecule has 1 unspecified atom stereocenters. The highest BCUT2D eigenvalue weighted by Gasteiger charge is 2.38. The van der Waals surface area contributed by atoms with E-state index in [1.165, 1.54) is 12.8 Å². The summed E-state index contributed by atoms with van der Waals surface area (Å²) in [6.07, 6.45) is 4.22. The first-order valence-corrected chi connectivity index (χ1v) is 7.08. The van der Waals surface area contributed by atoms with Gasteiger partial charge in [0.15, 0.2) is 0 Å². The van der Waals surface area contributed by atoms with Gasteiger partial charge in [-0.2, -0.15) is 5.10 Å². The molecule has 0 aromatic carbocycles. The van der Waals surface area contributed by atoms with Crippen LogP contribution in [0.25, 0.3) is 0 Å². The first-order chi connectivity index (χ1) is 8.48. The normalized spacial score (nSPS) is 19.4. The summed E-state index contributed by atoms with van der Waals surface area (Å²) in [7, 11) is 0. The number of likely N-dealkylation sites (tertiary alicyclic amines) is 1. The SMILES string of the molecule is CCn1ncc(Cl)c1C(N)C(C)(C)N1CCCC1. The van der Waals surface area contributed by atoms with Crippen LogP contribution in [0.4, 0.5) is 0 Å². The maximum atomic E-state index is 6.49. The van der Waals surface area contributed by atoms with E-state index in [-0.39, 0.29) is 11.6 Å². The Labute approximate surface area is 114 Å². The quantitative estimate of drug-likeness (QED) is 0.914. The van der Waals surface area contributed by atoms with Crippen molar-refractivity contribution in [2.24, 2.45) is 5.73 Å². The Morgan fingerprint density at radius 3 is 2.61 bits per heavy atom. The summed E-state index contributed by atoms with van der Waals surface area (Å²) in [6, 6.07) is -0.120. The molecule has 2 N–H and O–H groups in total. The molecule has 0 amide bonds. The van der Waals surface area contributed by atoms with Gasteiger partial charge in [-0.15, -0.1) is 0 Å². The molecule has 0 radical (unpaired) electrons. The van der Waals surface area contributed by atoms with E-state index >= 15 is 0 Å². The van der Waals surface area contributed by atoms with Crippen LogP contribution in [0.1, 0.15) is 45.3 Å². The molecule has 102 valence electrons.